The molecule has 0 saturated carbocycles. The van der Waals surface area contributed by atoms with Crippen LogP contribution in [0, 0.1) is 0 Å². The maximum absolute atomic E-state index is 13.4. The molecule has 3 unspecified atom stereocenters. The molecule has 0 aliphatic carbocycles. The van der Waals surface area contributed by atoms with E-state index in [0.29, 0.717) is 11.6 Å². The normalized spacial score (nSPS) is 21.9. The van der Waals surface area contributed by atoms with Gasteiger partial charge in [-0.2, -0.15) is 0 Å². The summed E-state index contributed by atoms with van der Waals surface area (Å²) in [4.78, 5) is 41.0. The summed E-state index contributed by atoms with van der Waals surface area (Å²) < 4.78 is 5.27. The van der Waals surface area contributed by atoms with Gasteiger partial charge in [-0.1, -0.05) is 30.3 Å². The smallest absolute Gasteiger partial charge is 0.245 e. The third-order valence-corrected chi connectivity index (χ3v) is 5.86. The molecule has 9 heteroatoms. The molecule has 1 aromatic carbocycles. The van der Waals surface area contributed by atoms with Crippen LogP contribution in [0.4, 0.5) is 0 Å². The molecule has 2 heterocycles. The molecular weight excluding hydrogens is 404 g/mol. The molecule has 2 amide bonds. The molecule has 0 spiro atoms. The number of amides is 2. The SMILES string of the molecule is COCC(C(=O)NC(C)C)N(C(=O)C1CSCN1)C1=CNC(c2ccccc2)C1=O. The van der Waals surface area contributed by atoms with Crippen LogP contribution in [0.2, 0.25) is 0 Å². The van der Waals surface area contributed by atoms with Crippen LogP contribution >= 0.6 is 11.8 Å². The zero-order valence-electron chi connectivity index (χ0n) is 17.4. The average molecular weight is 433 g/mol. The quantitative estimate of drug-likeness (QED) is 0.558. The van der Waals surface area contributed by atoms with Gasteiger partial charge >= 0.3 is 0 Å². The van der Waals surface area contributed by atoms with E-state index in [2.05, 4.69) is 16.0 Å². The van der Waals surface area contributed by atoms with E-state index in [-0.39, 0.29) is 35.9 Å². The van der Waals surface area contributed by atoms with Crippen LogP contribution in [0.5, 0.6) is 0 Å². The second kappa shape index (κ2) is 10.1. The number of nitrogens with zero attached hydrogens (tertiary/aromatic N) is 1. The Morgan fingerprint density at radius 2 is 2.03 bits per heavy atom. The zero-order valence-corrected chi connectivity index (χ0v) is 18.2. The molecule has 3 atom stereocenters. The molecule has 1 aromatic rings. The van der Waals surface area contributed by atoms with Crippen molar-refractivity contribution in [2.45, 2.75) is 38.0 Å². The largest absolute Gasteiger partial charge is 0.382 e. The number of thioether (sulfide) groups is 1. The molecule has 8 nitrogen and oxygen atoms in total. The van der Waals surface area contributed by atoms with Gasteiger partial charge in [-0.25, -0.2) is 0 Å². The maximum Gasteiger partial charge on any atom is 0.245 e. The highest BCUT2D eigenvalue weighted by Crippen LogP contribution is 2.28. The first-order valence-electron chi connectivity index (χ1n) is 9.93. The lowest BCUT2D eigenvalue weighted by Crippen LogP contribution is -2.57. The first kappa shape index (κ1) is 22.3. The summed E-state index contributed by atoms with van der Waals surface area (Å²) >= 11 is 1.60. The van der Waals surface area contributed by atoms with Gasteiger partial charge in [-0.15, -0.1) is 11.8 Å². The van der Waals surface area contributed by atoms with Gasteiger partial charge in [0.05, 0.1) is 12.6 Å². The van der Waals surface area contributed by atoms with Crippen LogP contribution in [0.25, 0.3) is 0 Å². The van der Waals surface area contributed by atoms with E-state index >= 15 is 0 Å². The van der Waals surface area contributed by atoms with Crippen LogP contribution in [0.15, 0.2) is 42.2 Å². The highest BCUT2D eigenvalue weighted by atomic mass is 32.2. The standard InChI is InChI=1S/C21H28N4O4S/c1-13(2)24-20(27)17(10-29-3)25(21(28)15-11-30-12-23-15)16-9-22-18(19(16)26)14-7-5-4-6-8-14/h4-9,13,15,17-18,22-23H,10-12H2,1-3H3,(H,24,27). The number of methoxy groups -OCH3 is 1. The van der Waals surface area contributed by atoms with E-state index in [1.807, 2.05) is 44.2 Å². The molecular formula is C21H28N4O4S. The first-order valence-corrected chi connectivity index (χ1v) is 11.1. The summed E-state index contributed by atoms with van der Waals surface area (Å²) in [5, 5.41) is 9.04. The molecule has 0 bridgehead atoms. The summed E-state index contributed by atoms with van der Waals surface area (Å²) in [6.45, 7) is 3.66. The summed E-state index contributed by atoms with van der Waals surface area (Å²) in [5.41, 5.74) is 0.971. The van der Waals surface area contributed by atoms with Gasteiger partial charge in [0.15, 0.2) is 0 Å². The Kier molecular flexibility index (Phi) is 7.52. The van der Waals surface area contributed by atoms with Crippen molar-refractivity contribution in [1.29, 1.82) is 0 Å². The van der Waals surface area contributed by atoms with Gasteiger partial charge in [0.2, 0.25) is 17.6 Å². The Hall–Kier alpha value is -2.36. The van der Waals surface area contributed by atoms with E-state index < -0.39 is 18.1 Å². The van der Waals surface area contributed by atoms with Gasteiger partial charge in [-0.05, 0) is 19.4 Å². The summed E-state index contributed by atoms with van der Waals surface area (Å²) in [5.74, 6) is 0.310. The zero-order chi connectivity index (χ0) is 21.7. The van der Waals surface area contributed by atoms with Crippen molar-refractivity contribution in [3.63, 3.8) is 0 Å². The number of ether oxygens (including phenoxy) is 1. The van der Waals surface area contributed by atoms with E-state index in [0.717, 1.165) is 5.56 Å². The van der Waals surface area contributed by atoms with Crippen molar-refractivity contribution in [2.24, 2.45) is 0 Å². The number of hydrogen-bond donors (Lipinski definition) is 3. The van der Waals surface area contributed by atoms with Crippen LogP contribution in [-0.4, -0.2) is 66.0 Å². The second-order valence-corrected chi connectivity index (χ2v) is 8.55. The Balaban J connectivity index is 1.93. The molecule has 3 N–H and O–H groups in total. The molecule has 0 aromatic heterocycles. The molecule has 1 saturated heterocycles. The monoisotopic (exact) mass is 432 g/mol. The van der Waals surface area contributed by atoms with Gasteiger partial charge in [-0.3, -0.25) is 24.6 Å². The van der Waals surface area contributed by atoms with Crippen molar-refractivity contribution >= 4 is 29.4 Å². The molecule has 2 aliphatic rings. The molecule has 30 heavy (non-hydrogen) atoms. The van der Waals surface area contributed by atoms with E-state index in [4.69, 9.17) is 4.74 Å². The number of rotatable bonds is 8. The fourth-order valence-corrected chi connectivity index (χ4v) is 4.44. The predicted molar refractivity (Wildman–Crippen MR) is 115 cm³/mol. The first-order chi connectivity index (χ1) is 14.4. The fourth-order valence-electron chi connectivity index (χ4n) is 3.51. The highest BCUT2D eigenvalue weighted by molar-refractivity contribution is 7.99. The number of hydrogen-bond acceptors (Lipinski definition) is 7. The van der Waals surface area contributed by atoms with Crippen LogP contribution in [-0.2, 0) is 19.1 Å². The van der Waals surface area contributed by atoms with Crippen molar-refractivity contribution in [2.75, 3.05) is 25.3 Å². The molecule has 0 radical (unpaired) electrons. The summed E-state index contributed by atoms with van der Waals surface area (Å²) in [6.07, 6.45) is 1.53. The van der Waals surface area contributed by atoms with Gasteiger partial charge in [0.25, 0.3) is 0 Å². The number of benzene rings is 1. The molecule has 2 aliphatic heterocycles. The Bertz CT molecular complexity index is 808. The van der Waals surface area contributed by atoms with Gasteiger partial charge in [0, 0.05) is 31.0 Å². The molecule has 1 fully saturated rings. The number of Topliss-reactive ketones (excluding diaryl/α,β-unsaturated/α-hetero) is 1. The van der Waals surface area contributed by atoms with Gasteiger partial charge in [0.1, 0.15) is 17.8 Å². The number of carbonyl (C=O) groups excluding carboxylic acids is 3. The Morgan fingerprint density at radius 1 is 1.30 bits per heavy atom. The van der Waals surface area contributed by atoms with Crippen LogP contribution in [0.3, 0.4) is 0 Å². The summed E-state index contributed by atoms with van der Waals surface area (Å²) in [6, 6.07) is 7.16. The summed E-state index contributed by atoms with van der Waals surface area (Å²) in [7, 11) is 1.47. The van der Waals surface area contributed by atoms with Crippen molar-refractivity contribution in [3.8, 4) is 0 Å². The Morgan fingerprint density at radius 3 is 2.63 bits per heavy atom. The van der Waals surface area contributed by atoms with Crippen LogP contribution in [0.1, 0.15) is 25.5 Å². The lowest BCUT2D eigenvalue weighted by molar-refractivity contribution is -0.142. The van der Waals surface area contributed by atoms with E-state index in [1.54, 1.807) is 11.8 Å². The lowest BCUT2D eigenvalue weighted by Gasteiger charge is -2.33. The van der Waals surface area contributed by atoms with Crippen LogP contribution < -0.4 is 16.0 Å². The fraction of sp³-hybridized carbons (Fsp3) is 0.476. The number of ketones is 1. The van der Waals surface area contributed by atoms with Crippen molar-refractivity contribution < 1.29 is 19.1 Å². The molecule has 3 rings (SSSR count). The van der Waals surface area contributed by atoms with Crippen molar-refractivity contribution in [1.82, 2.24) is 20.9 Å². The minimum Gasteiger partial charge on any atom is -0.382 e. The van der Waals surface area contributed by atoms with Crippen molar-refractivity contribution in [3.05, 3.63) is 47.8 Å². The minimum atomic E-state index is -0.955. The van der Waals surface area contributed by atoms with E-state index in [1.165, 1.54) is 18.2 Å². The third kappa shape index (κ3) is 4.85. The highest BCUT2D eigenvalue weighted by Gasteiger charge is 2.42. The number of carbonyl (C=O) groups is 3. The topological polar surface area (TPSA) is 99.8 Å². The lowest BCUT2D eigenvalue weighted by atomic mass is 10.0. The van der Waals surface area contributed by atoms with E-state index in [9.17, 15) is 14.4 Å². The minimum absolute atomic E-state index is 0.0230. The average Bonchev–Trinajstić information content (AvgIpc) is 3.38. The Labute approximate surface area is 180 Å². The third-order valence-electron chi connectivity index (χ3n) is 4.92. The number of nitrogens with one attached hydrogen (secondary N) is 3. The predicted octanol–water partition coefficient (Wildman–Crippen LogP) is 0.772. The van der Waals surface area contributed by atoms with Gasteiger partial charge < -0.3 is 15.4 Å². The molecule has 162 valence electrons. The second-order valence-electron chi connectivity index (χ2n) is 7.52. The maximum atomic E-state index is 13.4.